The van der Waals surface area contributed by atoms with Crippen LogP contribution in [0.4, 0.5) is 0 Å². The summed E-state index contributed by atoms with van der Waals surface area (Å²) in [6.45, 7) is 2.39. The third-order valence-corrected chi connectivity index (χ3v) is 7.90. The zero-order valence-corrected chi connectivity index (χ0v) is 14.9. The van der Waals surface area contributed by atoms with Crippen LogP contribution < -0.4 is 0 Å². The van der Waals surface area contributed by atoms with E-state index < -0.39 is 5.60 Å². The zero-order valence-electron chi connectivity index (χ0n) is 14.0. The summed E-state index contributed by atoms with van der Waals surface area (Å²) in [5.41, 5.74) is 2.01. The largest absolute Gasteiger partial charge is 0.380 e. The van der Waals surface area contributed by atoms with Gasteiger partial charge in [0, 0.05) is 6.16 Å². The third-order valence-electron chi connectivity index (χ3n) is 5.18. The highest BCUT2D eigenvalue weighted by atomic mass is 31.1. The van der Waals surface area contributed by atoms with E-state index in [9.17, 15) is 5.11 Å². The highest BCUT2D eigenvalue weighted by Gasteiger charge is 2.35. The molecule has 1 atom stereocenters. The molecule has 0 bridgehead atoms. The molecule has 23 heavy (non-hydrogen) atoms. The van der Waals surface area contributed by atoms with Crippen LogP contribution >= 0.6 is 7.92 Å². The molecule has 1 unspecified atom stereocenters. The lowest BCUT2D eigenvalue weighted by atomic mass is 9.88. The van der Waals surface area contributed by atoms with Gasteiger partial charge in [0.1, 0.15) is 5.60 Å². The van der Waals surface area contributed by atoms with E-state index in [1.807, 2.05) is 36.4 Å². The second-order valence-corrected chi connectivity index (χ2v) is 9.36. The Bertz CT molecular complexity index is 550. The Balaban J connectivity index is 1.89. The standard InChI is InChI=1S/C21H27OP/c1-23(20-15-9-4-10-16-20)17-21(22,18-11-5-2-6-12-18)19-13-7-3-8-14-19/h2-3,5-8,11-14,20,22H,4,9-10,15-17H2,1H3. The fraction of sp³-hybridized carbons (Fsp3) is 0.429. The van der Waals surface area contributed by atoms with Crippen molar-refractivity contribution >= 4 is 7.92 Å². The summed E-state index contributed by atoms with van der Waals surface area (Å²) in [6.07, 6.45) is 7.69. The van der Waals surface area contributed by atoms with Crippen molar-refractivity contribution in [1.29, 1.82) is 0 Å². The summed E-state index contributed by atoms with van der Waals surface area (Å²) < 4.78 is 0. The molecule has 0 aromatic heterocycles. The van der Waals surface area contributed by atoms with Crippen molar-refractivity contribution in [2.24, 2.45) is 0 Å². The monoisotopic (exact) mass is 326 g/mol. The number of benzene rings is 2. The maximum atomic E-state index is 11.7. The molecule has 1 aliphatic rings. The molecule has 2 heteroatoms. The maximum Gasteiger partial charge on any atom is 0.118 e. The van der Waals surface area contributed by atoms with Crippen LogP contribution in [0, 0.1) is 0 Å². The molecular weight excluding hydrogens is 299 g/mol. The lowest BCUT2D eigenvalue weighted by Gasteiger charge is -2.36. The van der Waals surface area contributed by atoms with Gasteiger partial charge in [-0.15, -0.1) is 7.92 Å². The number of aliphatic hydroxyl groups is 1. The first-order valence-corrected chi connectivity index (χ1v) is 10.8. The lowest BCUT2D eigenvalue weighted by Crippen LogP contribution is -2.32. The number of rotatable bonds is 5. The van der Waals surface area contributed by atoms with E-state index >= 15 is 0 Å². The molecule has 122 valence electrons. The SMILES string of the molecule is CP(CC(O)(c1ccccc1)c1ccccc1)C1CCCCC1. The van der Waals surface area contributed by atoms with Gasteiger partial charge in [-0.25, -0.2) is 0 Å². The van der Waals surface area contributed by atoms with E-state index in [0.717, 1.165) is 22.9 Å². The van der Waals surface area contributed by atoms with Crippen LogP contribution in [0.25, 0.3) is 0 Å². The molecule has 1 saturated carbocycles. The van der Waals surface area contributed by atoms with Crippen LogP contribution in [0.3, 0.4) is 0 Å². The first kappa shape index (κ1) is 16.7. The highest BCUT2D eigenvalue weighted by molar-refractivity contribution is 7.57. The average Bonchev–Trinajstić information content (AvgIpc) is 2.64. The van der Waals surface area contributed by atoms with Crippen LogP contribution in [0.5, 0.6) is 0 Å². The van der Waals surface area contributed by atoms with Gasteiger partial charge in [0.2, 0.25) is 0 Å². The smallest absolute Gasteiger partial charge is 0.118 e. The normalized spacial score (nSPS) is 17.8. The first-order chi connectivity index (χ1) is 11.2. The van der Waals surface area contributed by atoms with E-state index in [1.165, 1.54) is 32.1 Å². The van der Waals surface area contributed by atoms with Gasteiger partial charge in [0.25, 0.3) is 0 Å². The third kappa shape index (κ3) is 3.84. The Morgan fingerprint density at radius 3 is 1.83 bits per heavy atom. The van der Waals surface area contributed by atoms with Gasteiger partial charge >= 0.3 is 0 Å². The minimum absolute atomic E-state index is 0.184. The van der Waals surface area contributed by atoms with Gasteiger partial charge in [-0.2, -0.15) is 0 Å². The van der Waals surface area contributed by atoms with Gasteiger partial charge in [-0.05, 0) is 36.3 Å². The lowest BCUT2D eigenvalue weighted by molar-refractivity contribution is 0.106. The average molecular weight is 326 g/mol. The summed E-state index contributed by atoms with van der Waals surface area (Å²) in [6, 6.07) is 20.4. The van der Waals surface area contributed by atoms with Gasteiger partial charge in [0.05, 0.1) is 0 Å². The molecule has 1 fully saturated rings. The Kier molecular flexibility index (Phi) is 5.51. The molecule has 0 spiro atoms. The van der Waals surface area contributed by atoms with Gasteiger partial charge < -0.3 is 5.11 Å². The summed E-state index contributed by atoms with van der Waals surface area (Å²) in [7, 11) is -0.184. The second kappa shape index (κ2) is 7.60. The fourth-order valence-electron chi connectivity index (χ4n) is 3.79. The van der Waals surface area contributed by atoms with E-state index in [2.05, 4.69) is 30.9 Å². The summed E-state index contributed by atoms with van der Waals surface area (Å²) in [5.74, 6) is 0. The molecule has 1 nitrogen and oxygen atoms in total. The number of hydrogen-bond acceptors (Lipinski definition) is 1. The second-order valence-electron chi connectivity index (χ2n) is 6.80. The maximum absolute atomic E-state index is 11.7. The van der Waals surface area contributed by atoms with Gasteiger partial charge in [-0.3, -0.25) is 0 Å². The molecule has 2 aromatic rings. The van der Waals surface area contributed by atoms with E-state index in [0.29, 0.717) is 0 Å². The highest BCUT2D eigenvalue weighted by Crippen LogP contribution is 2.50. The van der Waals surface area contributed by atoms with Crippen LogP contribution in [0.1, 0.15) is 43.2 Å². The van der Waals surface area contributed by atoms with Gasteiger partial charge in [-0.1, -0.05) is 79.9 Å². The number of hydrogen-bond donors (Lipinski definition) is 1. The van der Waals surface area contributed by atoms with Gasteiger partial charge in [0.15, 0.2) is 0 Å². The van der Waals surface area contributed by atoms with E-state index in [4.69, 9.17) is 0 Å². The Morgan fingerprint density at radius 2 is 1.35 bits per heavy atom. The predicted octanol–water partition coefficient (Wildman–Crippen LogP) is 5.37. The molecule has 0 heterocycles. The summed E-state index contributed by atoms with van der Waals surface area (Å²) in [4.78, 5) is 0. The minimum atomic E-state index is -0.861. The molecule has 0 radical (unpaired) electrons. The predicted molar refractivity (Wildman–Crippen MR) is 100 cm³/mol. The van der Waals surface area contributed by atoms with Crippen molar-refractivity contribution in [3.8, 4) is 0 Å². The van der Waals surface area contributed by atoms with E-state index in [1.54, 1.807) is 0 Å². The molecule has 0 aliphatic heterocycles. The fourth-order valence-corrected chi connectivity index (χ4v) is 6.38. The minimum Gasteiger partial charge on any atom is -0.380 e. The molecular formula is C21H27OP. The van der Waals surface area contributed by atoms with Crippen LogP contribution in [0.2, 0.25) is 0 Å². The zero-order chi connectivity index (χ0) is 16.1. The molecule has 3 rings (SSSR count). The Hall–Kier alpha value is -1.17. The molecule has 1 N–H and O–H groups in total. The summed E-state index contributed by atoms with van der Waals surface area (Å²) in [5, 5.41) is 11.7. The van der Waals surface area contributed by atoms with E-state index in [-0.39, 0.29) is 7.92 Å². The van der Waals surface area contributed by atoms with Crippen molar-refractivity contribution < 1.29 is 5.11 Å². The van der Waals surface area contributed by atoms with Crippen molar-refractivity contribution in [3.63, 3.8) is 0 Å². The van der Waals surface area contributed by atoms with Crippen molar-refractivity contribution in [2.45, 2.75) is 43.4 Å². The van der Waals surface area contributed by atoms with Crippen molar-refractivity contribution in [1.82, 2.24) is 0 Å². The quantitative estimate of drug-likeness (QED) is 0.733. The van der Waals surface area contributed by atoms with Crippen LogP contribution in [0.15, 0.2) is 60.7 Å². The topological polar surface area (TPSA) is 20.2 Å². The van der Waals surface area contributed by atoms with Crippen LogP contribution in [-0.2, 0) is 5.60 Å². The molecule has 0 amide bonds. The molecule has 1 aliphatic carbocycles. The molecule has 2 aromatic carbocycles. The van der Waals surface area contributed by atoms with Crippen molar-refractivity contribution in [2.75, 3.05) is 12.8 Å². The first-order valence-electron chi connectivity index (χ1n) is 8.74. The summed E-state index contributed by atoms with van der Waals surface area (Å²) >= 11 is 0. The van der Waals surface area contributed by atoms with Crippen molar-refractivity contribution in [3.05, 3.63) is 71.8 Å². The Morgan fingerprint density at radius 1 is 0.870 bits per heavy atom. The molecule has 0 saturated heterocycles. The van der Waals surface area contributed by atoms with Crippen LogP contribution in [-0.4, -0.2) is 23.6 Å². The Labute approximate surface area is 141 Å².